The summed E-state index contributed by atoms with van der Waals surface area (Å²) >= 11 is 0. The van der Waals surface area contributed by atoms with Crippen molar-refractivity contribution in [1.82, 2.24) is 0 Å². The molecule has 0 bridgehead atoms. The molecule has 0 heterocycles. The Morgan fingerprint density at radius 1 is 1.27 bits per heavy atom. The smallest absolute Gasteiger partial charge is 0.229 e. The molecule has 3 nitrogen and oxygen atoms in total. The van der Waals surface area contributed by atoms with Crippen LogP contribution < -0.4 is 0 Å². The molecule has 0 saturated carbocycles. The third-order valence-electron chi connectivity index (χ3n) is 1.83. The summed E-state index contributed by atoms with van der Waals surface area (Å²) in [5.41, 5.74) is 0.815. The van der Waals surface area contributed by atoms with E-state index < -0.39 is 0 Å². The van der Waals surface area contributed by atoms with Gasteiger partial charge in [0, 0.05) is 5.56 Å². The van der Waals surface area contributed by atoms with Crippen LogP contribution in [0.1, 0.15) is 12.5 Å². The van der Waals surface area contributed by atoms with Crippen LogP contribution in [0.2, 0.25) is 6.04 Å². The predicted octanol–water partition coefficient (Wildman–Crippen LogP) is 1.98. The molecule has 0 saturated heterocycles. The van der Waals surface area contributed by atoms with E-state index in [-0.39, 0.29) is 5.75 Å². The normalized spacial score (nSPS) is 10.5. The van der Waals surface area contributed by atoms with Crippen LogP contribution in [0, 0.1) is 0 Å². The highest BCUT2D eigenvalue weighted by molar-refractivity contribution is 6.26. The summed E-state index contributed by atoms with van der Waals surface area (Å²) in [5, 5.41) is 9.44. The zero-order valence-electron chi connectivity index (χ0n) is 8.90. The van der Waals surface area contributed by atoms with Gasteiger partial charge in [0.05, 0.1) is 19.8 Å². The highest BCUT2D eigenvalue weighted by Crippen LogP contribution is 2.15. The van der Waals surface area contributed by atoms with Crippen LogP contribution in [0.5, 0.6) is 5.75 Å². The Morgan fingerprint density at radius 2 is 2.07 bits per heavy atom. The van der Waals surface area contributed by atoms with Crippen molar-refractivity contribution in [2.45, 2.75) is 19.6 Å². The fourth-order valence-electron chi connectivity index (χ4n) is 1.09. The van der Waals surface area contributed by atoms with Crippen LogP contribution in [-0.4, -0.2) is 28.1 Å². The van der Waals surface area contributed by atoms with Crippen molar-refractivity contribution in [3.8, 4) is 5.75 Å². The highest BCUT2D eigenvalue weighted by atomic mass is 28.2. The van der Waals surface area contributed by atoms with E-state index in [1.165, 1.54) is 0 Å². The largest absolute Gasteiger partial charge is 0.508 e. The standard InChI is InChI=1S/C11H16O3Si/c1-2-15-14-8-7-13-9-10-5-3-4-6-11(10)12/h3-6,12H,2,7-9H2,1H3. The summed E-state index contributed by atoms with van der Waals surface area (Å²) in [5.74, 6) is 0.286. The molecule has 0 spiro atoms. The summed E-state index contributed by atoms with van der Waals surface area (Å²) in [7, 11) is 0.561. The molecule has 0 unspecified atom stereocenters. The Bertz CT molecular complexity index is 278. The van der Waals surface area contributed by atoms with Crippen molar-refractivity contribution in [2.24, 2.45) is 0 Å². The van der Waals surface area contributed by atoms with Gasteiger partial charge in [-0.15, -0.1) is 0 Å². The molecule has 0 aliphatic carbocycles. The SMILES string of the molecule is CC[Si]OCCOCc1ccccc1O. The zero-order valence-corrected chi connectivity index (χ0v) is 9.90. The minimum atomic E-state index is 0.286. The maximum atomic E-state index is 9.44. The van der Waals surface area contributed by atoms with Crippen molar-refractivity contribution < 1.29 is 14.3 Å². The van der Waals surface area contributed by atoms with Gasteiger partial charge in [-0.25, -0.2) is 0 Å². The molecular weight excluding hydrogens is 208 g/mol. The third-order valence-corrected chi connectivity index (χ3v) is 2.52. The van der Waals surface area contributed by atoms with E-state index in [1.807, 2.05) is 12.1 Å². The molecule has 15 heavy (non-hydrogen) atoms. The Morgan fingerprint density at radius 3 is 2.80 bits per heavy atom. The molecule has 0 amide bonds. The summed E-state index contributed by atoms with van der Waals surface area (Å²) < 4.78 is 10.7. The third kappa shape index (κ3) is 4.97. The molecule has 2 radical (unpaired) electrons. The lowest BCUT2D eigenvalue weighted by Crippen LogP contribution is -2.06. The quantitative estimate of drug-likeness (QED) is 0.568. The Balaban J connectivity index is 2.12. The van der Waals surface area contributed by atoms with Crippen LogP contribution >= 0.6 is 0 Å². The van der Waals surface area contributed by atoms with E-state index in [9.17, 15) is 5.11 Å². The van der Waals surface area contributed by atoms with Crippen molar-refractivity contribution in [1.29, 1.82) is 0 Å². The molecule has 1 rings (SSSR count). The van der Waals surface area contributed by atoms with Gasteiger partial charge in [-0.2, -0.15) is 0 Å². The van der Waals surface area contributed by atoms with Crippen LogP contribution in [-0.2, 0) is 15.8 Å². The van der Waals surface area contributed by atoms with Crippen LogP contribution in [0.4, 0.5) is 0 Å². The molecule has 0 aliphatic heterocycles. The Kier molecular flexibility index (Phi) is 6.07. The van der Waals surface area contributed by atoms with Crippen molar-refractivity contribution in [3.63, 3.8) is 0 Å². The lowest BCUT2D eigenvalue weighted by Gasteiger charge is -2.06. The number of phenolic OH excluding ortho intramolecular Hbond substituents is 1. The molecule has 82 valence electrons. The summed E-state index contributed by atoms with van der Waals surface area (Å²) in [4.78, 5) is 0. The van der Waals surface area contributed by atoms with E-state index in [4.69, 9.17) is 9.16 Å². The number of hydrogen-bond acceptors (Lipinski definition) is 3. The van der Waals surface area contributed by atoms with E-state index in [0.29, 0.717) is 29.6 Å². The molecule has 0 atom stereocenters. The first-order valence-electron chi connectivity index (χ1n) is 5.04. The number of aromatic hydroxyl groups is 1. The average Bonchev–Trinajstić information content (AvgIpc) is 2.25. The van der Waals surface area contributed by atoms with Crippen molar-refractivity contribution >= 4 is 9.76 Å². The van der Waals surface area contributed by atoms with Gasteiger partial charge in [0.15, 0.2) is 0 Å². The first kappa shape index (κ1) is 12.2. The molecule has 1 aromatic carbocycles. The van der Waals surface area contributed by atoms with Gasteiger partial charge in [0.1, 0.15) is 5.75 Å². The fourth-order valence-corrected chi connectivity index (χ4v) is 1.52. The lowest BCUT2D eigenvalue weighted by atomic mass is 10.2. The maximum Gasteiger partial charge on any atom is 0.229 e. The minimum Gasteiger partial charge on any atom is -0.508 e. The second kappa shape index (κ2) is 7.45. The van der Waals surface area contributed by atoms with E-state index in [2.05, 4.69) is 6.92 Å². The van der Waals surface area contributed by atoms with Gasteiger partial charge in [0.2, 0.25) is 9.76 Å². The first-order chi connectivity index (χ1) is 7.34. The lowest BCUT2D eigenvalue weighted by molar-refractivity contribution is 0.0889. The molecule has 4 heteroatoms. The van der Waals surface area contributed by atoms with Crippen molar-refractivity contribution in [2.75, 3.05) is 13.2 Å². The summed E-state index contributed by atoms with van der Waals surface area (Å²) in [6.45, 7) is 3.72. The van der Waals surface area contributed by atoms with E-state index in [1.54, 1.807) is 12.1 Å². The zero-order chi connectivity index (χ0) is 10.9. The highest BCUT2D eigenvalue weighted by Gasteiger charge is 1.98. The molecule has 0 fully saturated rings. The number of hydrogen-bond donors (Lipinski definition) is 1. The van der Waals surface area contributed by atoms with Gasteiger partial charge in [-0.1, -0.05) is 25.1 Å². The van der Waals surface area contributed by atoms with Gasteiger partial charge in [-0.05, 0) is 12.1 Å². The van der Waals surface area contributed by atoms with Gasteiger partial charge in [-0.3, -0.25) is 0 Å². The molecule has 1 aromatic rings. The number of phenols is 1. The molecular formula is C11H16O3Si. The number of rotatable bonds is 7. The summed E-state index contributed by atoms with van der Waals surface area (Å²) in [6, 6.07) is 8.24. The number of ether oxygens (including phenoxy) is 1. The average molecular weight is 224 g/mol. The molecule has 0 aromatic heterocycles. The van der Waals surface area contributed by atoms with Crippen LogP contribution in [0.3, 0.4) is 0 Å². The van der Waals surface area contributed by atoms with Crippen molar-refractivity contribution in [3.05, 3.63) is 29.8 Å². The predicted molar refractivity (Wildman–Crippen MR) is 59.9 cm³/mol. The summed E-state index contributed by atoms with van der Waals surface area (Å²) in [6.07, 6.45) is 0. The fraction of sp³-hybridized carbons (Fsp3) is 0.455. The first-order valence-corrected chi connectivity index (χ1v) is 6.15. The second-order valence-corrected chi connectivity index (χ2v) is 4.31. The topological polar surface area (TPSA) is 38.7 Å². The number of para-hydroxylation sites is 1. The number of benzene rings is 1. The van der Waals surface area contributed by atoms with Crippen LogP contribution in [0.25, 0.3) is 0 Å². The second-order valence-electron chi connectivity index (χ2n) is 3.03. The minimum absolute atomic E-state index is 0.286. The monoisotopic (exact) mass is 224 g/mol. The molecule has 1 N–H and O–H groups in total. The Labute approximate surface area is 93.0 Å². The molecule has 0 aliphatic rings. The van der Waals surface area contributed by atoms with Gasteiger partial charge in [0.25, 0.3) is 0 Å². The van der Waals surface area contributed by atoms with E-state index >= 15 is 0 Å². The van der Waals surface area contributed by atoms with Gasteiger partial charge < -0.3 is 14.3 Å². The van der Waals surface area contributed by atoms with Gasteiger partial charge >= 0.3 is 0 Å². The van der Waals surface area contributed by atoms with Crippen LogP contribution in [0.15, 0.2) is 24.3 Å². The maximum absolute atomic E-state index is 9.44. The van der Waals surface area contributed by atoms with E-state index in [0.717, 1.165) is 11.6 Å². The Hall–Kier alpha value is -0.843.